The molecule has 0 saturated carbocycles. The predicted molar refractivity (Wildman–Crippen MR) is 118 cm³/mol. The summed E-state index contributed by atoms with van der Waals surface area (Å²) < 4.78 is 12.6. The molecule has 1 aliphatic rings. The molecule has 1 amide bonds. The third-order valence-corrected chi connectivity index (χ3v) is 4.79. The van der Waals surface area contributed by atoms with Gasteiger partial charge in [-0.25, -0.2) is 9.59 Å². The topological polar surface area (TPSA) is 64.0 Å². The fourth-order valence-corrected chi connectivity index (χ4v) is 3.56. The Bertz CT molecular complexity index is 921. The van der Waals surface area contributed by atoms with Crippen molar-refractivity contribution in [2.75, 3.05) is 31.1 Å². The Morgan fingerprint density at radius 1 is 0.833 bits per heavy atom. The number of anilines is 1. The molecule has 3 rings (SSSR count). The van der Waals surface area contributed by atoms with Crippen LogP contribution in [0, 0.1) is 0 Å². The lowest BCUT2D eigenvalue weighted by Gasteiger charge is -2.27. The van der Waals surface area contributed by atoms with Gasteiger partial charge in [-0.1, -0.05) is 6.07 Å². The van der Waals surface area contributed by atoms with Gasteiger partial charge in [0.25, 0.3) is 0 Å². The molecule has 0 radical (unpaired) electrons. The Balaban J connectivity index is 1.79. The maximum absolute atomic E-state index is 12.6. The van der Waals surface area contributed by atoms with Gasteiger partial charge in [-0.05, 0) is 66.2 Å². The molecule has 0 bridgehead atoms. The molecule has 7 nitrogen and oxygen atoms in total. The number of fused-ring (bicyclic) bond motifs is 1. The molecule has 0 unspecified atom stereocenters. The molecule has 7 heteroatoms. The van der Waals surface area contributed by atoms with Crippen LogP contribution in [0.3, 0.4) is 0 Å². The number of hydrogen-bond acceptors (Lipinski definition) is 5. The van der Waals surface area contributed by atoms with Gasteiger partial charge in [0.05, 0.1) is 5.52 Å². The molecule has 0 spiro atoms. The first-order valence-corrected chi connectivity index (χ1v) is 10.5. The fraction of sp³-hybridized carbons (Fsp3) is 0.565. The lowest BCUT2D eigenvalue weighted by molar-refractivity contribution is 0.0263. The van der Waals surface area contributed by atoms with E-state index in [4.69, 9.17) is 9.47 Å². The first-order valence-electron chi connectivity index (χ1n) is 10.5. The molecule has 1 aromatic carbocycles. The van der Waals surface area contributed by atoms with E-state index in [2.05, 4.69) is 11.0 Å². The molecule has 0 atom stereocenters. The van der Waals surface area contributed by atoms with Crippen molar-refractivity contribution in [3.05, 3.63) is 30.5 Å². The molecule has 1 aromatic heterocycles. The molecule has 0 aliphatic carbocycles. The third-order valence-electron chi connectivity index (χ3n) is 4.79. The quantitative estimate of drug-likeness (QED) is 0.665. The summed E-state index contributed by atoms with van der Waals surface area (Å²) in [6.45, 7) is 14.0. The van der Waals surface area contributed by atoms with Gasteiger partial charge in [0.15, 0.2) is 0 Å². The highest BCUT2D eigenvalue weighted by Gasteiger charge is 2.26. The molecule has 2 heterocycles. The van der Waals surface area contributed by atoms with Crippen LogP contribution in [0.5, 0.6) is 0 Å². The number of benzene rings is 1. The van der Waals surface area contributed by atoms with E-state index in [1.54, 1.807) is 15.7 Å². The van der Waals surface area contributed by atoms with Crippen LogP contribution in [-0.2, 0) is 9.47 Å². The molecular formula is C23H33N3O4. The lowest BCUT2D eigenvalue weighted by Crippen LogP contribution is -2.39. The van der Waals surface area contributed by atoms with Crippen LogP contribution in [0.2, 0.25) is 0 Å². The summed E-state index contributed by atoms with van der Waals surface area (Å²) in [6, 6.07) is 7.89. The number of carbonyl (C=O) groups is 2. The second kappa shape index (κ2) is 8.20. The second-order valence-corrected chi connectivity index (χ2v) is 9.68. The van der Waals surface area contributed by atoms with Gasteiger partial charge in [-0.15, -0.1) is 0 Å². The minimum absolute atomic E-state index is 0.265. The Hall–Kier alpha value is -2.70. The Morgan fingerprint density at radius 2 is 1.50 bits per heavy atom. The summed E-state index contributed by atoms with van der Waals surface area (Å²) in [7, 11) is 0. The Labute approximate surface area is 178 Å². The number of amides is 1. The highest BCUT2D eigenvalue weighted by Crippen LogP contribution is 2.29. The van der Waals surface area contributed by atoms with Crippen molar-refractivity contribution in [3.63, 3.8) is 0 Å². The maximum Gasteiger partial charge on any atom is 0.418 e. The average molecular weight is 416 g/mol. The van der Waals surface area contributed by atoms with Gasteiger partial charge in [0.2, 0.25) is 0 Å². The van der Waals surface area contributed by atoms with Gasteiger partial charge in [0, 0.05) is 43.4 Å². The van der Waals surface area contributed by atoms with Crippen molar-refractivity contribution in [1.82, 2.24) is 9.47 Å². The summed E-state index contributed by atoms with van der Waals surface area (Å²) in [6.07, 6.45) is 1.95. The predicted octanol–water partition coefficient (Wildman–Crippen LogP) is 4.87. The van der Waals surface area contributed by atoms with Crippen LogP contribution in [0.1, 0.15) is 48.0 Å². The molecular weight excluding hydrogens is 382 g/mol. The summed E-state index contributed by atoms with van der Waals surface area (Å²) >= 11 is 0. The highest BCUT2D eigenvalue weighted by molar-refractivity contribution is 5.97. The van der Waals surface area contributed by atoms with Crippen molar-refractivity contribution in [2.45, 2.75) is 59.2 Å². The maximum atomic E-state index is 12.6. The van der Waals surface area contributed by atoms with E-state index in [0.29, 0.717) is 19.6 Å². The Kier molecular flexibility index (Phi) is 6.01. The Morgan fingerprint density at radius 3 is 2.17 bits per heavy atom. The molecule has 0 N–H and O–H groups in total. The largest absolute Gasteiger partial charge is 0.444 e. The zero-order valence-electron chi connectivity index (χ0n) is 18.9. The van der Waals surface area contributed by atoms with Crippen molar-refractivity contribution >= 4 is 28.8 Å². The van der Waals surface area contributed by atoms with Gasteiger partial charge in [-0.2, -0.15) is 0 Å². The van der Waals surface area contributed by atoms with E-state index in [1.165, 1.54) is 0 Å². The first-order chi connectivity index (χ1) is 13.9. The first kappa shape index (κ1) is 22.0. The zero-order valence-corrected chi connectivity index (χ0v) is 18.9. The smallest absolute Gasteiger partial charge is 0.418 e. The standard InChI is InChI=1S/C23H33N3O4/c1-22(2,3)29-20(27)25-13-8-12-24(15-16-25)18-9-7-10-19-17(18)11-14-26(19)21(28)30-23(4,5)6/h7,9-11,14H,8,12-13,15-16H2,1-6H3. The van der Waals surface area contributed by atoms with Crippen molar-refractivity contribution < 1.29 is 19.1 Å². The number of ether oxygens (including phenoxy) is 2. The highest BCUT2D eigenvalue weighted by atomic mass is 16.6. The number of hydrogen-bond donors (Lipinski definition) is 0. The average Bonchev–Trinajstić information content (AvgIpc) is 2.88. The van der Waals surface area contributed by atoms with Gasteiger partial charge >= 0.3 is 12.2 Å². The number of nitrogens with zero attached hydrogens (tertiary/aromatic N) is 3. The fourth-order valence-electron chi connectivity index (χ4n) is 3.56. The second-order valence-electron chi connectivity index (χ2n) is 9.68. The molecule has 1 saturated heterocycles. The van der Waals surface area contributed by atoms with Gasteiger partial charge < -0.3 is 19.3 Å². The minimum atomic E-state index is -0.554. The van der Waals surface area contributed by atoms with E-state index in [-0.39, 0.29) is 12.2 Å². The van der Waals surface area contributed by atoms with Crippen LogP contribution < -0.4 is 4.90 Å². The summed E-state index contributed by atoms with van der Waals surface area (Å²) in [5, 5.41) is 0.995. The van der Waals surface area contributed by atoms with Crippen LogP contribution in [-0.4, -0.2) is 59.0 Å². The molecule has 2 aromatic rings. The van der Waals surface area contributed by atoms with E-state index in [0.717, 1.165) is 29.6 Å². The van der Waals surface area contributed by atoms with E-state index in [9.17, 15) is 9.59 Å². The van der Waals surface area contributed by atoms with Crippen molar-refractivity contribution in [1.29, 1.82) is 0 Å². The third kappa shape index (κ3) is 5.26. The van der Waals surface area contributed by atoms with Crippen LogP contribution >= 0.6 is 0 Å². The van der Waals surface area contributed by atoms with E-state index >= 15 is 0 Å². The van der Waals surface area contributed by atoms with E-state index in [1.807, 2.05) is 59.7 Å². The molecule has 30 heavy (non-hydrogen) atoms. The molecule has 164 valence electrons. The number of carbonyl (C=O) groups excluding carboxylic acids is 2. The zero-order chi connectivity index (χ0) is 22.1. The molecule has 1 aliphatic heterocycles. The number of rotatable bonds is 1. The summed E-state index contributed by atoms with van der Waals surface area (Å²) in [5.41, 5.74) is 0.816. The number of aromatic nitrogens is 1. The van der Waals surface area contributed by atoms with E-state index < -0.39 is 11.2 Å². The lowest BCUT2D eigenvalue weighted by atomic mass is 10.2. The normalized spacial score (nSPS) is 15.8. The van der Waals surface area contributed by atoms with Crippen LogP contribution in [0.4, 0.5) is 15.3 Å². The van der Waals surface area contributed by atoms with Crippen molar-refractivity contribution in [2.24, 2.45) is 0 Å². The summed E-state index contributed by atoms with van der Waals surface area (Å²) in [4.78, 5) is 29.1. The van der Waals surface area contributed by atoms with Crippen LogP contribution in [0.15, 0.2) is 30.5 Å². The summed E-state index contributed by atoms with van der Waals surface area (Å²) in [5.74, 6) is 0. The van der Waals surface area contributed by atoms with Gasteiger partial charge in [0.1, 0.15) is 11.2 Å². The van der Waals surface area contributed by atoms with Crippen molar-refractivity contribution in [3.8, 4) is 0 Å². The minimum Gasteiger partial charge on any atom is -0.444 e. The monoisotopic (exact) mass is 415 g/mol. The van der Waals surface area contributed by atoms with Crippen LogP contribution in [0.25, 0.3) is 10.9 Å². The van der Waals surface area contributed by atoms with Gasteiger partial charge in [-0.3, -0.25) is 4.57 Å². The molecule has 1 fully saturated rings. The SMILES string of the molecule is CC(C)(C)OC(=O)N1CCCN(c2cccc3c2ccn3C(=O)OC(C)(C)C)CC1.